The predicted molar refractivity (Wildman–Crippen MR) is 110 cm³/mol. The van der Waals surface area contributed by atoms with Crippen LogP contribution in [0.25, 0.3) is 0 Å². The highest BCUT2D eigenvalue weighted by Crippen LogP contribution is 2.31. The normalized spacial score (nSPS) is 20.2. The van der Waals surface area contributed by atoms with Gasteiger partial charge in [-0.1, -0.05) is 31.0 Å². The molecule has 1 saturated heterocycles. The van der Waals surface area contributed by atoms with Crippen LogP contribution >= 0.6 is 0 Å². The fourth-order valence-electron chi connectivity index (χ4n) is 3.94. The topological polar surface area (TPSA) is 75.7 Å². The minimum absolute atomic E-state index is 0.118. The Labute approximate surface area is 171 Å². The van der Waals surface area contributed by atoms with Crippen LogP contribution in [0.1, 0.15) is 54.1 Å². The van der Waals surface area contributed by atoms with Crippen LogP contribution in [0.5, 0.6) is 5.75 Å². The molecule has 7 heteroatoms. The van der Waals surface area contributed by atoms with E-state index >= 15 is 0 Å². The average molecular weight is 415 g/mol. The van der Waals surface area contributed by atoms with E-state index in [0.717, 1.165) is 37.0 Å². The number of sulfonamides is 1. The highest BCUT2D eigenvalue weighted by Gasteiger charge is 2.26. The van der Waals surface area contributed by atoms with E-state index in [1.165, 1.54) is 12.1 Å². The Kier molecular flexibility index (Phi) is 5.87. The Bertz CT molecular complexity index is 965. The lowest BCUT2D eigenvalue weighted by Gasteiger charge is -2.26. The van der Waals surface area contributed by atoms with Gasteiger partial charge in [-0.25, -0.2) is 8.42 Å². The zero-order valence-electron chi connectivity index (χ0n) is 16.3. The van der Waals surface area contributed by atoms with Gasteiger partial charge < -0.3 is 10.1 Å². The molecule has 1 fully saturated rings. The summed E-state index contributed by atoms with van der Waals surface area (Å²) in [4.78, 5) is 13.0. The molecule has 1 N–H and O–H groups in total. The number of benzene rings is 2. The van der Waals surface area contributed by atoms with Crippen molar-refractivity contribution < 1.29 is 17.9 Å². The summed E-state index contributed by atoms with van der Waals surface area (Å²) in [5.74, 6) is 0.577. The summed E-state index contributed by atoms with van der Waals surface area (Å²) in [6.07, 6.45) is 4.63. The van der Waals surface area contributed by atoms with Crippen LogP contribution in [0, 0.1) is 0 Å². The van der Waals surface area contributed by atoms with Crippen molar-refractivity contribution >= 4 is 15.9 Å². The van der Waals surface area contributed by atoms with Crippen molar-refractivity contribution in [3.05, 3.63) is 59.7 Å². The molecule has 2 aromatic rings. The Balaban J connectivity index is 1.47. The third-order valence-corrected chi connectivity index (χ3v) is 7.50. The van der Waals surface area contributed by atoms with Gasteiger partial charge in [-0.05, 0) is 43.2 Å². The number of amides is 1. The molecule has 2 aliphatic rings. The molecular weight excluding hydrogens is 388 g/mol. The Morgan fingerprint density at radius 3 is 2.38 bits per heavy atom. The van der Waals surface area contributed by atoms with E-state index in [4.69, 9.17) is 4.74 Å². The van der Waals surface area contributed by atoms with E-state index in [0.29, 0.717) is 31.7 Å². The second kappa shape index (κ2) is 8.55. The lowest BCUT2D eigenvalue weighted by atomic mass is 10.00. The molecular formula is C22H26N2O4S. The van der Waals surface area contributed by atoms with Gasteiger partial charge >= 0.3 is 0 Å². The number of ether oxygens (including phenoxy) is 1. The smallest absolute Gasteiger partial charge is 0.251 e. The Morgan fingerprint density at radius 1 is 0.966 bits per heavy atom. The summed E-state index contributed by atoms with van der Waals surface area (Å²) < 4.78 is 33.0. The number of carbonyl (C=O) groups excluding carboxylic acids is 1. The molecule has 1 unspecified atom stereocenters. The van der Waals surface area contributed by atoms with E-state index < -0.39 is 10.0 Å². The van der Waals surface area contributed by atoms with Gasteiger partial charge in [-0.2, -0.15) is 4.31 Å². The summed E-state index contributed by atoms with van der Waals surface area (Å²) >= 11 is 0. The molecule has 1 atom stereocenters. The molecule has 0 saturated carbocycles. The van der Waals surface area contributed by atoms with Crippen LogP contribution in [0.3, 0.4) is 0 Å². The largest absolute Gasteiger partial charge is 0.493 e. The first-order valence-electron chi connectivity index (χ1n) is 10.2. The quantitative estimate of drug-likeness (QED) is 0.831. The Hall–Kier alpha value is -2.38. The van der Waals surface area contributed by atoms with Gasteiger partial charge in [0, 0.05) is 30.6 Å². The minimum atomic E-state index is -3.51. The van der Waals surface area contributed by atoms with Gasteiger partial charge in [0.1, 0.15) is 5.75 Å². The lowest BCUT2D eigenvalue weighted by molar-refractivity contribution is 0.0924. The summed E-state index contributed by atoms with van der Waals surface area (Å²) in [5, 5.41) is 3.04. The van der Waals surface area contributed by atoms with Crippen molar-refractivity contribution in [3.63, 3.8) is 0 Å². The predicted octanol–water partition coefficient (Wildman–Crippen LogP) is 3.50. The maximum Gasteiger partial charge on any atom is 0.251 e. The van der Waals surface area contributed by atoms with Gasteiger partial charge in [0.05, 0.1) is 17.5 Å². The standard InChI is InChI=1S/C22H26N2O4S/c25-22(23-20-13-16-28-21-8-4-3-7-19(20)21)17-9-11-18(12-10-17)29(26,27)24-14-5-1-2-6-15-24/h3-4,7-12,20H,1-2,5-6,13-16H2,(H,23,25). The first kappa shape index (κ1) is 19.9. The number of fused-ring (bicyclic) bond motifs is 1. The Morgan fingerprint density at radius 2 is 1.66 bits per heavy atom. The summed E-state index contributed by atoms with van der Waals surface area (Å²) in [6.45, 7) is 1.68. The molecule has 4 rings (SSSR count). The molecule has 0 bridgehead atoms. The van der Waals surface area contributed by atoms with E-state index in [2.05, 4.69) is 5.32 Å². The van der Waals surface area contributed by atoms with Gasteiger partial charge in [-0.15, -0.1) is 0 Å². The van der Waals surface area contributed by atoms with Gasteiger partial charge in [-0.3, -0.25) is 4.79 Å². The fraction of sp³-hybridized carbons (Fsp3) is 0.409. The molecule has 0 aliphatic carbocycles. The van der Waals surface area contributed by atoms with Crippen LogP contribution in [-0.4, -0.2) is 38.3 Å². The number of nitrogens with one attached hydrogen (secondary N) is 1. The molecule has 0 radical (unpaired) electrons. The van der Waals surface area contributed by atoms with Crippen molar-refractivity contribution in [1.82, 2.24) is 9.62 Å². The zero-order valence-corrected chi connectivity index (χ0v) is 17.2. The molecule has 2 heterocycles. The van der Waals surface area contributed by atoms with E-state index in [1.807, 2.05) is 24.3 Å². The maximum absolute atomic E-state index is 12.9. The van der Waals surface area contributed by atoms with E-state index in [9.17, 15) is 13.2 Å². The second-order valence-corrected chi connectivity index (χ2v) is 9.48. The minimum Gasteiger partial charge on any atom is -0.493 e. The molecule has 1 amide bonds. The summed E-state index contributed by atoms with van der Waals surface area (Å²) in [6, 6.07) is 13.8. The SMILES string of the molecule is O=C(NC1CCOc2ccccc21)c1ccc(S(=O)(=O)N2CCCCCC2)cc1. The van der Waals surface area contributed by atoms with E-state index in [1.54, 1.807) is 16.4 Å². The van der Waals surface area contributed by atoms with Crippen LogP contribution in [0.15, 0.2) is 53.4 Å². The van der Waals surface area contributed by atoms with Crippen molar-refractivity contribution in [2.45, 2.75) is 43.0 Å². The fourth-order valence-corrected chi connectivity index (χ4v) is 5.46. The van der Waals surface area contributed by atoms with Gasteiger partial charge in [0.25, 0.3) is 5.91 Å². The van der Waals surface area contributed by atoms with Gasteiger partial charge in [0.2, 0.25) is 10.0 Å². The average Bonchev–Trinajstić information content (AvgIpc) is 3.04. The highest BCUT2D eigenvalue weighted by atomic mass is 32.2. The number of hydrogen-bond donors (Lipinski definition) is 1. The molecule has 154 valence electrons. The molecule has 29 heavy (non-hydrogen) atoms. The van der Waals surface area contributed by atoms with Crippen LogP contribution < -0.4 is 10.1 Å². The highest BCUT2D eigenvalue weighted by molar-refractivity contribution is 7.89. The van der Waals surface area contributed by atoms with Crippen molar-refractivity contribution in [1.29, 1.82) is 0 Å². The van der Waals surface area contributed by atoms with Crippen LogP contribution in [0.2, 0.25) is 0 Å². The molecule has 0 aromatic heterocycles. The summed E-state index contributed by atoms with van der Waals surface area (Å²) in [7, 11) is -3.51. The monoisotopic (exact) mass is 414 g/mol. The number of para-hydroxylation sites is 1. The molecule has 0 spiro atoms. The number of rotatable bonds is 4. The lowest BCUT2D eigenvalue weighted by Crippen LogP contribution is -2.33. The molecule has 2 aliphatic heterocycles. The first-order chi connectivity index (χ1) is 14.1. The number of hydrogen-bond acceptors (Lipinski definition) is 4. The van der Waals surface area contributed by atoms with Crippen molar-refractivity contribution in [3.8, 4) is 5.75 Å². The third-order valence-electron chi connectivity index (χ3n) is 5.58. The van der Waals surface area contributed by atoms with Crippen LogP contribution in [0.4, 0.5) is 0 Å². The first-order valence-corrected chi connectivity index (χ1v) is 11.6. The van der Waals surface area contributed by atoms with Crippen LogP contribution in [-0.2, 0) is 10.0 Å². The van der Waals surface area contributed by atoms with Crippen molar-refractivity contribution in [2.24, 2.45) is 0 Å². The second-order valence-electron chi connectivity index (χ2n) is 7.54. The number of nitrogens with zero attached hydrogens (tertiary/aromatic N) is 1. The van der Waals surface area contributed by atoms with Crippen molar-refractivity contribution in [2.75, 3.05) is 19.7 Å². The molecule has 2 aromatic carbocycles. The van der Waals surface area contributed by atoms with Gasteiger partial charge in [0.15, 0.2) is 0 Å². The third kappa shape index (κ3) is 4.31. The molecule has 6 nitrogen and oxygen atoms in total. The summed E-state index contributed by atoms with van der Waals surface area (Å²) in [5.41, 5.74) is 1.41. The van der Waals surface area contributed by atoms with E-state index in [-0.39, 0.29) is 16.8 Å². The maximum atomic E-state index is 12.9. The number of carbonyl (C=O) groups is 1. The zero-order chi connectivity index (χ0) is 20.3.